The number of halogens is 1. The Morgan fingerprint density at radius 3 is 2.53 bits per heavy atom. The van der Waals surface area contributed by atoms with Gasteiger partial charge in [0.05, 0.1) is 17.8 Å². The van der Waals surface area contributed by atoms with E-state index in [4.69, 9.17) is 0 Å². The number of hydrogen-bond acceptors (Lipinski definition) is 4. The molecule has 0 radical (unpaired) electrons. The third kappa shape index (κ3) is 5.15. The molecule has 1 heterocycles. The second-order valence-corrected chi connectivity index (χ2v) is 7.39. The summed E-state index contributed by atoms with van der Waals surface area (Å²) in [5.74, 6) is -0.880. The number of amides is 2. The molecular weight excluding hydrogens is 383 g/mol. The van der Waals surface area contributed by atoms with Gasteiger partial charge in [0.25, 0.3) is 0 Å². The van der Waals surface area contributed by atoms with Crippen molar-refractivity contribution >= 4 is 17.5 Å². The smallest absolute Gasteiger partial charge is 0.239 e. The van der Waals surface area contributed by atoms with Crippen molar-refractivity contribution in [1.29, 1.82) is 5.26 Å². The standard InChI is InChI=1S/C23H25FN4O2/c1-26-22(29)16-28(15-17-5-3-2-4-6-17)23(30)18-9-11-27(12-10-18)21-8-7-20(24)13-19(21)14-25/h2-8,13,18H,9-12,15-16H2,1H3,(H,26,29). The van der Waals surface area contributed by atoms with E-state index in [-0.39, 0.29) is 24.3 Å². The van der Waals surface area contributed by atoms with E-state index in [9.17, 15) is 19.2 Å². The molecule has 1 N–H and O–H groups in total. The fourth-order valence-electron chi connectivity index (χ4n) is 3.77. The maximum atomic E-state index is 13.4. The van der Waals surface area contributed by atoms with Gasteiger partial charge < -0.3 is 15.1 Å². The van der Waals surface area contributed by atoms with E-state index in [2.05, 4.69) is 5.32 Å². The highest BCUT2D eigenvalue weighted by Gasteiger charge is 2.30. The molecule has 30 heavy (non-hydrogen) atoms. The molecule has 0 saturated carbocycles. The molecule has 0 aliphatic carbocycles. The summed E-state index contributed by atoms with van der Waals surface area (Å²) in [6, 6.07) is 15.8. The Bertz CT molecular complexity index is 934. The van der Waals surface area contributed by atoms with Gasteiger partial charge in [-0.1, -0.05) is 30.3 Å². The average molecular weight is 408 g/mol. The Kier molecular flexibility index (Phi) is 7.02. The van der Waals surface area contributed by atoms with E-state index < -0.39 is 5.82 Å². The SMILES string of the molecule is CNC(=O)CN(Cc1ccccc1)C(=O)C1CCN(c2ccc(F)cc2C#N)CC1. The van der Waals surface area contributed by atoms with Gasteiger partial charge in [0.2, 0.25) is 11.8 Å². The van der Waals surface area contributed by atoms with Crippen molar-refractivity contribution in [1.82, 2.24) is 10.2 Å². The molecule has 1 aliphatic rings. The zero-order chi connectivity index (χ0) is 21.5. The summed E-state index contributed by atoms with van der Waals surface area (Å²) in [5.41, 5.74) is 1.96. The molecule has 0 atom stereocenters. The molecule has 7 heteroatoms. The summed E-state index contributed by atoms with van der Waals surface area (Å²) in [4.78, 5) is 28.8. The first kappa shape index (κ1) is 21.3. The predicted octanol–water partition coefficient (Wildman–Crippen LogP) is 2.69. The van der Waals surface area contributed by atoms with Crippen LogP contribution in [0.5, 0.6) is 0 Å². The van der Waals surface area contributed by atoms with E-state index in [1.165, 1.54) is 12.1 Å². The van der Waals surface area contributed by atoms with Gasteiger partial charge in [0, 0.05) is 32.6 Å². The van der Waals surface area contributed by atoms with Crippen LogP contribution < -0.4 is 10.2 Å². The van der Waals surface area contributed by atoms with Gasteiger partial charge in [-0.2, -0.15) is 5.26 Å². The molecule has 1 fully saturated rings. The Morgan fingerprint density at radius 2 is 1.90 bits per heavy atom. The highest BCUT2D eigenvalue weighted by molar-refractivity contribution is 5.86. The number of nitrogens with zero attached hydrogens (tertiary/aromatic N) is 3. The van der Waals surface area contributed by atoms with E-state index in [0.29, 0.717) is 43.7 Å². The maximum absolute atomic E-state index is 13.4. The van der Waals surface area contributed by atoms with Crippen LogP contribution >= 0.6 is 0 Å². The van der Waals surface area contributed by atoms with Crippen molar-refractivity contribution in [2.24, 2.45) is 5.92 Å². The molecule has 2 aromatic carbocycles. The monoisotopic (exact) mass is 408 g/mol. The van der Waals surface area contributed by atoms with Gasteiger partial charge in [-0.05, 0) is 36.6 Å². The quantitative estimate of drug-likeness (QED) is 0.797. The van der Waals surface area contributed by atoms with Crippen molar-refractivity contribution in [2.75, 3.05) is 31.6 Å². The first-order chi connectivity index (χ1) is 14.5. The molecule has 0 bridgehead atoms. The Balaban J connectivity index is 1.68. The molecule has 3 rings (SSSR count). The van der Waals surface area contributed by atoms with Crippen LogP contribution in [0.3, 0.4) is 0 Å². The summed E-state index contributed by atoms with van der Waals surface area (Å²) in [5, 5.41) is 11.9. The largest absolute Gasteiger partial charge is 0.370 e. The van der Waals surface area contributed by atoms with E-state index in [0.717, 1.165) is 5.56 Å². The summed E-state index contributed by atoms with van der Waals surface area (Å²) >= 11 is 0. The van der Waals surface area contributed by atoms with Crippen molar-refractivity contribution in [3.63, 3.8) is 0 Å². The second-order valence-electron chi connectivity index (χ2n) is 7.39. The van der Waals surface area contributed by atoms with Crippen molar-refractivity contribution in [3.8, 4) is 6.07 Å². The van der Waals surface area contributed by atoms with Crippen molar-refractivity contribution in [2.45, 2.75) is 19.4 Å². The first-order valence-corrected chi connectivity index (χ1v) is 9.99. The number of nitriles is 1. The number of anilines is 1. The maximum Gasteiger partial charge on any atom is 0.239 e. The van der Waals surface area contributed by atoms with Gasteiger partial charge in [0.15, 0.2) is 0 Å². The fourth-order valence-corrected chi connectivity index (χ4v) is 3.77. The van der Waals surface area contributed by atoms with Crippen LogP contribution in [0.25, 0.3) is 0 Å². The Morgan fingerprint density at radius 1 is 1.20 bits per heavy atom. The van der Waals surface area contributed by atoms with Crippen LogP contribution in [-0.4, -0.2) is 43.4 Å². The van der Waals surface area contributed by atoms with Gasteiger partial charge >= 0.3 is 0 Å². The number of rotatable bonds is 6. The Hall–Kier alpha value is -3.40. The molecule has 156 valence electrons. The van der Waals surface area contributed by atoms with Crippen LogP contribution in [0.1, 0.15) is 24.0 Å². The molecule has 0 aromatic heterocycles. The van der Waals surface area contributed by atoms with Crippen LogP contribution in [0, 0.1) is 23.1 Å². The third-order valence-electron chi connectivity index (χ3n) is 5.41. The van der Waals surface area contributed by atoms with E-state index in [1.54, 1.807) is 18.0 Å². The van der Waals surface area contributed by atoms with Crippen LogP contribution in [0.2, 0.25) is 0 Å². The lowest BCUT2D eigenvalue weighted by Crippen LogP contribution is -2.45. The zero-order valence-electron chi connectivity index (χ0n) is 17.0. The normalized spacial score (nSPS) is 14.1. The van der Waals surface area contributed by atoms with Crippen LogP contribution in [0.15, 0.2) is 48.5 Å². The Labute approximate surface area is 175 Å². The number of benzene rings is 2. The number of hydrogen-bond donors (Lipinski definition) is 1. The van der Waals surface area contributed by atoms with Crippen LogP contribution in [-0.2, 0) is 16.1 Å². The number of piperidine rings is 1. The summed E-state index contributed by atoms with van der Waals surface area (Å²) in [7, 11) is 1.56. The topological polar surface area (TPSA) is 76.4 Å². The van der Waals surface area contributed by atoms with E-state index >= 15 is 0 Å². The molecule has 1 aliphatic heterocycles. The average Bonchev–Trinajstić information content (AvgIpc) is 2.78. The molecule has 0 spiro atoms. The summed E-state index contributed by atoms with van der Waals surface area (Å²) < 4.78 is 13.4. The summed E-state index contributed by atoms with van der Waals surface area (Å²) in [6.45, 7) is 1.58. The van der Waals surface area contributed by atoms with Gasteiger partial charge in [0.1, 0.15) is 11.9 Å². The zero-order valence-corrected chi connectivity index (χ0v) is 17.0. The number of carbonyl (C=O) groups excluding carboxylic acids is 2. The second kappa shape index (κ2) is 9.88. The minimum absolute atomic E-state index is 0.0149. The minimum Gasteiger partial charge on any atom is -0.370 e. The number of likely N-dealkylation sites (N-methyl/N-ethyl adjacent to an activating group) is 1. The first-order valence-electron chi connectivity index (χ1n) is 9.99. The number of nitrogens with one attached hydrogen (secondary N) is 1. The number of carbonyl (C=O) groups is 2. The minimum atomic E-state index is -0.439. The van der Waals surface area contributed by atoms with E-state index in [1.807, 2.05) is 41.3 Å². The lowest BCUT2D eigenvalue weighted by atomic mass is 9.94. The lowest BCUT2D eigenvalue weighted by Gasteiger charge is -2.35. The van der Waals surface area contributed by atoms with Crippen molar-refractivity contribution in [3.05, 3.63) is 65.5 Å². The van der Waals surface area contributed by atoms with Gasteiger partial charge in [-0.15, -0.1) is 0 Å². The van der Waals surface area contributed by atoms with Crippen molar-refractivity contribution < 1.29 is 14.0 Å². The lowest BCUT2D eigenvalue weighted by molar-refractivity contribution is -0.140. The molecule has 1 saturated heterocycles. The molecule has 2 aromatic rings. The summed E-state index contributed by atoms with van der Waals surface area (Å²) in [6.07, 6.45) is 1.22. The van der Waals surface area contributed by atoms with Crippen LogP contribution in [0.4, 0.5) is 10.1 Å². The highest BCUT2D eigenvalue weighted by atomic mass is 19.1. The fraction of sp³-hybridized carbons (Fsp3) is 0.348. The molecular formula is C23H25FN4O2. The molecule has 6 nitrogen and oxygen atoms in total. The third-order valence-corrected chi connectivity index (χ3v) is 5.41. The molecule has 2 amide bonds. The van der Waals surface area contributed by atoms with Gasteiger partial charge in [-0.3, -0.25) is 9.59 Å². The molecule has 0 unspecified atom stereocenters. The highest BCUT2D eigenvalue weighted by Crippen LogP contribution is 2.28. The van der Waals surface area contributed by atoms with Gasteiger partial charge in [-0.25, -0.2) is 4.39 Å². The predicted molar refractivity (Wildman–Crippen MR) is 112 cm³/mol.